The van der Waals surface area contributed by atoms with Crippen molar-refractivity contribution in [2.24, 2.45) is 0 Å². The molecule has 130 valence electrons. The Balaban J connectivity index is 0.00000208. The minimum absolute atomic E-state index is 0. The van der Waals surface area contributed by atoms with Gasteiger partial charge in [-0.25, -0.2) is 4.39 Å². The number of carbonyl (C=O) groups excluding carboxylic acids is 1. The van der Waals surface area contributed by atoms with Crippen LogP contribution >= 0.6 is 35.3 Å². The quantitative estimate of drug-likeness (QED) is 0.855. The second-order valence-electron chi connectivity index (χ2n) is 5.59. The maximum absolute atomic E-state index is 13.5. The minimum atomic E-state index is -0.270. The van der Waals surface area contributed by atoms with Crippen LogP contribution in [0, 0.1) is 5.82 Å². The van der Waals surface area contributed by atoms with Crippen LogP contribution in [-0.4, -0.2) is 30.4 Å². The molecule has 1 aromatic carbocycles. The number of rotatable bonds is 4. The standard InChI is InChI=1S/C17H18ClFN2OS.ClH/c18-13-9-15(23-11-13)4-5-17(22)21-7-6-20-10-16(21)12-2-1-3-14(19)8-12;/h1-3,8-9,11,16,20H,4-7,10H2;1H. The number of carbonyl (C=O) groups is 1. The van der Waals surface area contributed by atoms with Crippen molar-refractivity contribution >= 4 is 41.3 Å². The number of aryl methyl sites for hydroxylation is 1. The lowest BCUT2D eigenvalue weighted by Gasteiger charge is -2.36. The van der Waals surface area contributed by atoms with Gasteiger partial charge in [0.15, 0.2) is 0 Å². The van der Waals surface area contributed by atoms with Gasteiger partial charge in [-0.15, -0.1) is 23.7 Å². The molecule has 1 saturated heterocycles. The molecule has 0 radical (unpaired) electrons. The van der Waals surface area contributed by atoms with Gasteiger partial charge in [0.25, 0.3) is 0 Å². The number of halogens is 3. The van der Waals surface area contributed by atoms with Gasteiger partial charge < -0.3 is 10.2 Å². The lowest BCUT2D eigenvalue weighted by molar-refractivity contribution is -0.134. The van der Waals surface area contributed by atoms with Gasteiger partial charge in [-0.3, -0.25) is 4.79 Å². The van der Waals surface area contributed by atoms with Crippen LogP contribution in [0.5, 0.6) is 0 Å². The SMILES string of the molecule is Cl.O=C(CCc1cc(Cl)cs1)N1CCNCC1c1cccc(F)c1. The van der Waals surface area contributed by atoms with Gasteiger partial charge in [0.1, 0.15) is 5.82 Å². The van der Waals surface area contributed by atoms with Gasteiger partial charge >= 0.3 is 0 Å². The van der Waals surface area contributed by atoms with Crippen molar-refractivity contribution in [2.75, 3.05) is 19.6 Å². The summed E-state index contributed by atoms with van der Waals surface area (Å²) in [6.07, 6.45) is 1.14. The highest BCUT2D eigenvalue weighted by molar-refractivity contribution is 7.10. The number of benzene rings is 1. The second-order valence-corrected chi connectivity index (χ2v) is 7.03. The van der Waals surface area contributed by atoms with E-state index in [0.717, 1.165) is 22.0 Å². The summed E-state index contributed by atoms with van der Waals surface area (Å²) in [4.78, 5) is 15.6. The zero-order valence-electron chi connectivity index (χ0n) is 13.0. The van der Waals surface area contributed by atoms with Crippen LogP contribution in [0.25, 0.3) is 0 Å². The highest BCUT2D eigenvalue weighted by Gasteiger charge is 2.27. The fourth-order valence-corrected chi connectivity index (χ4v) is 3.95. The molecule has 0 saturated carbocycles. The molecule has 2 aromatic rings. The molecule has 2 heterocycles. The average Bonchev–Trinajstić information content (AvgIpc) is 2.98. The molecule has 1 atom stereocenters. The summed E-state index contributed by atoms with van der Waals surface area (Å²) in [7, 11) is 0. The van der Waals surface area contributed by atoms with Crippen LogP contribution in [0.2, 0.25) is 5.02 Å². The number of thiophene rings is 1. The van der Waals surface area contributed by atoms with Crippen LogP contribution in [0.1, 0.15) is 22.9 Å². The van der Waals surface area contributed by atoms with E-state index in [-0.39, 0.29) is 30.2 Å². The van der Waals surface area contributed by atoms with E-state index < -0.39 is 0 Å². The van der Waals surface area contributed by atoms with E-state index in [2.05, 4.69) is 5.32 Å². The molecule has 7 heteroatoms. The van der Waals surface area contributed by atoms with Crippen LogP contribution in [-0.2, 0) is 11.2 Å². The Morgan fingerprint density at radius 2 is 2.25 bits per heavy atom. The first-order valence-electron chi connectivity index (χ1n) is 7.62. The molecule has 1 N–H and O–H groups in total. The van der Waals surface area contributed by atoms with Crippen molar-refractivity contribution in [3.63, 3.8) is 0 Å². The predicted molar refractivity (Wildman–Crippen MR) is 98.6 cm³/mol. The highest BCUT2D eigenvalue weighted by atomic mass is 35.5. The molecule has 0 spiro atoms. The van der Waals surface area contributed by atoms with Crippen LogP contribution in [0.15, 0.2) is 35.7 Å². The predicted octanol–water partition coefficient (Wildman–Crippen LogP) is 4.07. The van der Waals surface area contributed by atoms with Gasteiger partial charge in [-0.2, -0.15) is 0 Å². The summed E-state index contributed by atoms with van der Waals surface area (Å²) in [5.74, 6) is -0.168. The van der Waals surface area contributed by atoms with Gasteiger partial charge in [-0.1, -0.05) is 23.7 Å². The van der Waals surface area contributed by atoms with Crippen molar-refractivity contribution in [3.05, 3.63) is 57.0 Å². The zero-order chi connectivity index (χ0) is 16.2. The fourth-order valence-electron chi connectivity index (χ4n) is 2.87. The number of hydrogen-bond acceptors (Lipinski definition) is 3. The normalized spacial score (nSPS) is 17.4. The lowest BCUT2D eigenvalue weighted by Crippen LogP contribution is -2.48. The smallest absolute Gasteiger partial charge is 0.223 e. The molecule has 3 rings (SSSR count). The van der Waals surface area contributed by atoms with Crippen molar-refractivity contribution in [2.45, 2.75) is 18.9 Å². The van der Waals surface area contributed by atoms with Crippen LogP contribution in [0.4, 0.5) is 4.39 Å². The second kappa shape index (κ2) is 8.81. The lowest BCUT2D eigenvalue weighted by atomic mass is 10.0. The third kappa shape index (κ3) is 4.70. The van der Waals surface area contributed by atoms with E-state index in [9.17, 15) is 9.18 Å². The first-order chi connectivity index (χ1) is 11.1. The fraction of sp³-hybridized carbons (Fsp3) is 0.353. The van der Waals surface area contributed by atoms with Crippen molar-refractivity contribution in [3.8, 4) is 0 Å². The molecule has 24 heavy (non-hydrogen) atoms. The summed E-state index contributed by atoms with van der Waals surface area (Å²) >= 11 is 7.49. The molecular weight excluding hydrogens is 370 g/mol. The average molecular weight is 389 g/mol. The number of piperazine rings is 1. The van der Waals surface area contributed by atoms with Gasteiger partial charge in [0.2, 0.25) is 5.91 Å². The van der Waals surface area contributed by atoms with Crippen LogP contribution in [0.3, 0.4) is 0 Å². The largest absolute Gasteiger partial charge is 0.333 e. The Morgan fingerprint density at radius 1 is 1.42 bits per heavy atom. The van der Waals surface area contributed by atoms with E-state index in [4.69, 9.17) is 11.6 Å². The molecule has 0 bridgehead atoms. The minimum Gasteiger partial charge on any atom is -0.333 e. The Kier molecular flexibility index (Phi) is 7.04. The zero-order valence-corrected chi connectivity index (χ0v) is 15.4. The topological polar surface area (TPSA) is 32.3 Å². The van der Waals surface area contributed by atoms with Crippen LogP contribution < -0.4 is 5.32 Å². The molecule has 3 nitrogen and oxygen atoms in total. The molecular formula is C17H19Cl2FN2OS. The van der Waals surface area contributed by atoms with Gasteiger partial charge in [-0.05, 0) is 30.2 Å². The summed E-state index contributed by atoms with van der Waals surface area (Å²) < 4.78 is 13.5. The van der Waals surface area contributed by atoms with E-state index in [1.165, 1.54) is 12.1 Å². The molecule has 1 unspecified atom stereocenters. The molecule has 0 aliphatic carbocycles. The Labute approximate surface area is 156 Å². The number of hydrogen-bond donors (Lipinski definition) is 1. The van der Waals surface area contributed by atoms with E-state index >= 15 is 0 Å². The monoisotopic (exact) mass is 388 g/mol. The molecule has 1 amide bonds. The Bertz CT molecular complexity index is 695. The molecule has 1 aromatic heterocycles. The first-order valence-corrected chi connectivity index (χ1v) is 8.88. The molecule has 1 aliphatic heterocycles. The number of amides is 1. The van der Waals surface area contributed by atoms with E-state index in [0.29, 0.717) is 25.9 Å². The summed E-state index contributed by atoms with van der Waals surface area (Å²) in [6.45, 7) is 2.06. The highest BCUT2D eigenvalue weighted by Crippen LogP contribution is 2.25. The third-order valence-electron chi connectivity index (χ3n) is 4.00. The Morgan fingerprint density at radius 3 is 2.96 bits per heavy atom. The molecule has 1 aliphatic rings. The number of nitrogens with one attached hydrogen (secondary N) is 1. The summed E-state index contributed by atoms with van der Waals surface area (Å²) in [5.41, 5.74) is 0.838. The number of nitrogens with zero attached hydrogens (tertiary/aromatic N) is 1. The van der Waals surface area contributed by atoms with E-state index in [1.54, 1.807) is 17.4 Å². The third-order valence-corrected chi connectivity index (χ3v) is 5.35. The summed E-state index contributed by atoms with van der Waals surface area (Å²) in [6, 6.07) is 8.29. The van der Waals surface area contributed by atoms with Crippen molar-refractivity contribution < 1.29 is 9.18 Å². The maximum Gasteiger partial charge on any atom is 0.223 e. The summed E-state index contributed by atoms with van der Waals surface area (Å²) in [5, 5.41) is 5.88. The maximum atomic E-state index is 13.5. The van der Waals surface area contributed by atoms with Crippen molar-refractivity contribution in [1.29, 1.82) is 0 Å². The Hall–Kier alpha value is -1.14. The first kappa shape index (κ1) is 19.2. The van der Waals surface area contributed by atoms with E-state index in [1.807, 2.05) is 22.4 Å². The van der Waals surface area contributed by atoms with Gasteiger partial charge in [0.05, 0.1) is 11.1 Å². The van der Waals surface area contributed by atoms with Gasteiger partial charge in [0, 0.05) is 36.3 Å². The van der Waals surface area contributed by atoms with Crippen molar-refractivity contribution in [1.82, 2.24) is 10.2 Å². The molecule has 1 fully saturated rings.